The van der Waals surface area contributed by atoms with Crippen LogP contribution in [0.5, 0.6) is 0 Å². The molecule has 0 amide bonds. The lowest BCUT2D eigenvalue weighted by atomic mass is 10.1. The first-order chi connectivity index (χ1) is 10.5. The van der Waals surface area contributed by atoms with Gasteiger partial charge < -0.3 is 10.0 Å². The lowest BCUT2D eigenvalue weighted by Gasteiger charge is -2.21. The van der Waals surface area contributed by atoms with Crippen LogP contribution in [-0.2, 0) is 6.54 Å². The van der Waals surface area contributed by atoms with E-state index >= 15 is 0 Å². The van der Waals surface area contributed by atoms with E-state index in [0.717, 1.165) is 11.1 Å². The van der Waals surface area contributed by atoms with Crippen LogP contribution in [0.15, 0.2) is 36.7 Å². The molecule has 0 saturated heterocycles. The van der Waals surface area contributed by atoms with Crippen molar-refractivity contribution < 1.29 is 5.11 Å². The standard InChI is InChI=1S/C16H21ClN4O/c1-20(2)16-18-8-12(9-19-16)10-21(3)11-15(22)13-5-4-6-14(17)7-13/h4-9,15,22H,10-11H2,1-3H3. The number of hydrogen-bond acceptors (Lipinski definition) is 5. The van der Waals surface area contributed by atoms with Crippen molar-refractivity contribution in [1.29, 1.82) is 0 Å². The molecule has 5 nitrogen and oxygen atoms in total. The SMILES string of the molecule is CN(Cc1cnc(N(C)C)nc1)CC(O)c1cccc(Cl)c1. The maximum atomic E-state index is 10.3. The van der Waals surface area contributed by atoms with E-state index in [0.29, 0.717) is 24.1 Å². The van der Waals surface area contributed by atoms with Gasteiger partial charge in [0.1, 0.15) is 0 Å². The molecule has 0 spiro atoms. The molecular formula is C16H21ClN4O. The van der Waals surface area contributed by atoms with E-state index in [9.17, 15) is 5.11 Å². The molecular weight excluding hydrogens is 300 g/mol. The van der Waals surface area contributed by atoms with Crippen molar-refractivity contribution in [3.63, 3.8) is 0 Å². The zero-order valence-corrected chi connectivity index (χ0v) is 13.8. The Labute approximate surface area is 136 Å². The minimum absolute atomic E-state index is 0.510. The Kier molecular flexibility index (Phi) is 5.71. The fourth-order valence-corrected chi connectivity index (χ4v) is 2.35. The van der Waals surface area contributed by atoms with E-state index in [1.165, 1.54) is 0 Å². The average molecular weight is 321 g/mol. The largest absolute Gasteiger partial charge is 0.387 e. The summed E-state index contributed by atoms with van der Waals surface area (Å²) < 4.78 is 0. The van der Waals surface area contributed by atoms with Crippen LogP contribution < -0.4 is 4.90 Å². The second kappa shape index (κ2) is 7.54. The van der Waals surface area contributed by atoms with E-state index in [2.05, 4.69) is 9.97 Å². The van der Waals surface area contributed by atoms with Gasteiger partial charge in [0, 0.05) is 50.2 Å². The Bertz CT molecular complexity index is 603. The molecule has 22 heavy (non-hydrogen) atoms. The zero-order chi connectivity index (χ0) is 16.1. The van der Waals surface area contributed by atoms with E-state index in [1.54, 1.807) is 12.1 Å². The van der Waals surface area contributed by atoms with E-state index in [-0.39, 0.29) is 0 Å². The molecule has 1 heterocycles. The van der Waals surface area contributed by atoms with Crippen molar-refractivity contribution in [1.82, 2.24) is 14.9 Å². The molecule has 1 N–H and O–H groups in total. The number of aliphatic hydroxyl groups is 1. The number of benzene rings is 1. The molecule has 1 atom stereocenters. The summed E-state index contributed by atoms with van der Waals surface area (Å²) in [5.74, 6) is 0.686. The number of hydrogen-bond donors (Lipinski definition) is 1. The number of anilines is 1. The summed E-state index contributed by atoms with van der Waals surface area (Å²) in [7, 11) is 5.76. The summed E-state index contributed by atoms with van der Waals surface area (Å²) in [6.07, 6.45) is 3.04. The molecule has 1 unspecified atom stereocenters. The summed E-state index contributed by atoms with van der Waals surface area (Å²) in [4.78, 5) is 12.5. The Morgan fingerprint density at radius 3 is 2.45 bits per heavy atom. The van der Waals surface area contributed by atoms with Crippen LogP contribution >= 0.6 is 11.6 Å². The average Bonchev–Trinajstić information content (AvgIpc) is 2.47. The third-order valence-corrected chi connectivity index (χ3v) is 3.50. The predicted octanol–water partition coefficient (Wildman–Crippen LogP) is 2.36. The first-order valence-electron chi connectivity index (χ1n) is 7.06. The van der Waals surface area contributed by atoms with Crippen LogP contribution in [0.1, 0.15) is 17.2 Å². The number of likely N-dealkylation sites (N-methyl/N-ethyl adjacent to an activating group) is 1. The minimum Gasteiger partial charge on any atom is -0.387 e. The van der Waals surface area contributed by atoms with Crippen molar-refractivity contribution >= 4 is 17.5 Å². The topological polar surface area (TPSA) is 52.5 Å². The van der Waals surface area contributed by atoms with Gasteiger partial charge in [-0.25, -0.2) is 9.97 Å². The summed E-state index contributed by atoms with van der Waals surface area (Å²) in [5, 5.41) is 10.9. The molecule has 0 aliphatic heterocycles. The minimum atomic E-state index is -0.578. The Balaban J connectivity index is 1.93. The number of aliphatic hydroxyl groups excluding tert-OH is 1. The highest BCUT2D eigenvalue weighted by Crippen LogP contribution is 2.19. The molecule has 0 fully saturated rings. The van der Waals surface area contributed by atoms with Crippen molar-refractivity contribution in [2.45, 2.75) is 12.6 Å². The summed E-state index contributed by atoms with van der Waals surface area (Å²) in [6, 6.07) is 7.30. The molecule has 118 valence electrons. The highest BCUT2D eigenvalue weighted by molar-refractivity contribution is 6.30. The number of rotatable bonds is 6. The van der Waals surface area contributed by atoms with Crippen molar-refractivity contribution in [3.8, 4) is 0 Å². The van der Waals surface area contributed by atoms with Crippen LogP contribution in [0, 0.1) is 0 Å². The fraction of sp³-hybridized carbons (Fsp3) is 0.375. The lowest BCUT2D eigenvalue weighted by molar-refractivity contribution is 0.123. The molecule has 1 aromatic carbocycles. The fourth-order valence-electron chi connectivity index (χ4n) is 2.15. The number of nitrogens with zero attached hydrogens (tertiary/aromatic N) is 4. The lowest BCUT2D eigenvalue weighted by Crippen LogP contribution is -2.24. The molecule has 0 bridgehead atoms. The number of halogens is 1. The Morgan fingerprint density at radius 2 is 1.86 bits per heavy atom. The Hall–Kier alpha value is -1.69. The maximum Gasteiger partial charge on any atom is 0.224 e. The van der Waals surface area contributed by atoms with Crippen LogP contribution in [0.4, 0.5) is 5.95 Å². The molecule has 0 aliphatic carbocycles. The predicted molar refractivity (Wildman–Crippen MR) is 89.1 cm³/mol. The second-order valence-corrected chi connectivity index (χ2v) is 5.99. The van der Waals surface area contributed by atoms with Crippen LogP contribution in [0.3, 0.4) is 0 Å². The summed E-state index contributed by atoms with van der Waals surface area (Å²) in [6.45, 7) is 1.18. The molecule has 2 aromatic rings. The van der Waals surface area contributed by atoms with E-state index in [1.807, 2.05) is 55.5 Å². The van der Waals surface area contributed by atoms with Gasteiger partial charge in [-0.15, -0.1) is 0 Å². The molecule has 1 aromatic heterocycles. The molecule has 0 saturated carbocycles. The molecule has 0 radical (unpaired) electrons. The van der Waals surface area contributed by atoms with Crippen molar-refractivity contribution in [2.24, 2.45) is 0 Å². The maximum absolute atomic E-state index is 10.3. The Morgan fingerprint density at radius 1 is 1.18 bits per heavy atom. The normalized spacial score (nSPS) is 12.5. The first kappa shape index (κ1) is 16.7. The third-order valence-electron chi connectivity index (χ3n) is 3.26. The van der Waals surface area contributed by atoms with E-state index < -0.39 is 6.10 Å². The summed E-state index contributed by atoms with van der Waals surface area (Å²) in [5.41, 5.74) is 1.82. The number of aromatic nitrogens is 2. The van der Waals surface area contributed by atoms with E-state index in [4.69, 9.17) is 11.6 Å². The third kappa shape index (κ3) is 4.66. The molecule has 0 aliphatic rings. The first-order valence-corrected chi connectivity index (χ1v) is 7.44. The zero-order valence-electron chi connectivity index (χ0n) is 13.1. The van der Waals surface area contributed by atoms with Gasteiger partial charge in [0.05, 0.1) is 6.10 Å². The van der Waals surface area contributed by atoms with Gasteiger partial charge in [-0.05, 0) is 24.7 Å². The monoisotopic (exact) mass is 320 g/mol. The quantitative estimate of drug-likeness (QED) is 0.885. The van der Waals surface area contributed by atoms with Gasteiger partial charge in [-0.2, -0.15) is 0 Å². The highest BCUT2D eigenvalue weighted by Gasteiger charge is 2.12. The molecule has 6 heteroatoms. The van der Waals surface area contributed by atoms with Gasteiger partial charge in [0.15, 0.2) is 0 Å². The van der Waals surface area contributed by atoms with Gasteiger partial charge in [0.2, 0.25) is 5.95 Å². The molecule has 2 rings (SSSR count). The van der Waals surface area contributed by atoms with Gasteiger partial charge in [-0.3, -0.25) is 4.90 Å². The van der Waals surface area contributed by atoms with Crippen LogP contribution in [-0.4, -0.2) is 47.7 Å². The smallest absolute Gasteiger partial charge is 0.224 e. The second-order valence-electron chi connectivity index (χ2n) is 5.55. The van der Waals surface area contributed by atoms with Crippen LogP contribution in [0.25, 0.3) is 0 Å². The van der Waals surface area contributed by atoms with Gasteiger partial charge in [0.25, 0.3) is 0 Å². The van der Waals surface area contributed by atoms with Crippen molar-refractivity contribution in [2.75, 3.05) is 32.6 Å². The van der Waals surface area contributed by atoms with Crippen molar-refractivity contribution in [3.05, 3.63) is 52.8 Å². The summed E-state index contributed by atoms with van der Waals surface area (Å²) >= 11 is 5.95. The van der Waals surface area contributed by atoms with Gasteiger partial charge in [-0.1, -0.05) is 23.7 Å². The highest BCUT2D eigenvalue weighted by atomic mass is 35.5. The van der Waals surface area contributed by atoms with Crippen LogP contribution in [0.2, 0.25) is 5.02 Å². The van der Waals surface area contributed by atoms with Gasteiger partial charge >= 0.3 is 0 Å².